The quantitative estimate of drug-likeness (QED) is 0.657. The minimum atomic E-state index is -0.166. The van der Waals surface area contributed by atoms with Gasteiger partial charge in [0.2, 0.25) is 0 Å². The van der Waals surface area contributed by atoms with E-state index in [2.05, 4.69) is 20.2 Å². The molecule has 4 rings (SSSR count). The molecule has 1 fully saturated rings. The number of benzene rings is 1. The maximum absolute atomic E-state index is 12.5. The number of amides is 1. The van der Waals surface area contributed by atoms with Gasteiger partial charge in [-0.1, -0.05) is 11.8 Å². The number of carbonyl (C=O) groups is 1. The van der Waals surface area contributed by atoms with E-state index in [4.69, 9.17) is 0 Å². The fourth-order valence-corrected chi connectivity index (χ4v) is 3.93. The van der Waals surface area contributed by atoms with Crippen LogP contribution in [0.15, 0.2) is 60.1 Å². The molecule has 3 aromatic rings. The van der Waals surface area contributed by atoms with Crippen LogP contribution in [0, 0.1) is 0 Å². The first-order chi connectivity index (χ1) is 13.7. The monoisotopic (exact) mass is 393 g/mol. The molecule has 0 saturated carbocycles. The molecule has 1 aromatic carbocycles. The molecule has 0 spiro atoms. The molecule has 7 heteroatoms. The van der Waals surface area contributed by atoms with Gasteiger partial charge in [0.25, 0.3) is 5.91 Å². The molecule has 3 heterocycles. The van der Waals surface area contributed by atoms with Crippen LogP contribution in [0.25, 0.3) is 5.69 Å². The molecule has 1 amide bonds. The number of anilines is 2. The number of hydrogen-bond donors (Lipinski definition) is 1. The minimum absolute atomic E-state index is 0.166. The van der Waals surface area contributed by atoms with Gasteiger partial charge in [-0.3, -0.25) is 9.36 Å². The van der Waals surface area contributed by atoms with Crippen molar-refractivity contribution in [3.05, 3.63) is 60.6 Å². The molecule has 0 aliphatic carbocycles. The highest BCUT2D eigenvalue weighted by Gasteiger charge is 2.12. The predicted octanol–water partition coefficient (Wildman–Crippen LogP) is 4.23. The Balaban J connectivity index is 1.42. The molecule has 0 atom stereocenters. The summed E-state index contributed by atoms with van der Waals surface area (Å²) in [6.45, 7) is 2.16. The first-order valence-corrected chi connectivity index (χ1v) is 10.7. The Morgan fingerprint density at radius 2 is 1.75 bits per heavy atom. The van der Waals surface area contributed by atoms with Crippen LogP contribution in [0.2, 0.25) is 0 Å². The van der Waals surface area contributed by atoms with E-state index >= 15 is 0 Å². The van der Waals surface area contributed by atoms with E-state index in [0.717, 1.165) is 29.6 Å². The van der Waals surface area contributed by atoms with E-state index in [0.29, 0.717) is 11.4 Å². The summed E-state index contributed by atoms with van der Waals surface area (Å²) in [5.41, 5.74) is 2.69. The number of aromatic nitrogens is 3. The average Bonchev–Trinajstić information content (AvgIpc) is 3.24. The van der Waals surface area contributed by atoms with Gasteiger partial charge >= 0.3 is 0 Å². The SMILES string of the molecule is CSc1nccn1-c1ccc(C(=O)Nc2ccc(N3CCCCC3)cn2)cc1. The van der Waals surface area contributed by atoms with Gasteiger partial charge in [-0.15, -0.1) is 0 Å². The zero-order valence-corrected chi connectivity index (χ0v) is 16.7. The van der Waals surface area contributed by atoms with Crippen molar-refractivity contribution in [1.82, 2.24) is 14.5 Å². The van der Waals surface area contributed by atoms with Crippen molar-refractivity contribution in [3.63, 3.8) is 0 Å². The average molecular weight is 394 g/mol. The standard InChI is InChI=1S/C21H23N5OS/c1-28-21-22-11-14-26(21)17-7-5-16(6-8-17)20(27)24-19-10-9-18(15-23-19)25-12-3-2-4-13-25/h5-11,14-15H,2-4,12-13H2,1H3,(H,23,24,27). The van der Waals surface area contributed by atoms with Crippen LogP contribution in [0.1, 0.15) is 29.6 Å². The Bertz CT molecular complexity index is 930. The van der Waals surface area contributed by atoms with Crippen LogP contribution in [0.5, 0.6) is 0 Å². The summed E-state index contributed by atoms with van der Waals surface area (Å²) in [4.78, 5) is 23.6. The van der Waals surface area contributed by atoms with Gasteiger partial charge in [0, 0.05) is 36.7 Å². The Kier molecular flexibility index (Phi) is 5.62. The fraction of sp³-hybridized carbons (Fsp3) is 0.286. The second-order valence-corrected chi connectivity index (χ2v) is 7.51. The number of nitrogens with zero attached hydrogens (tertiary/aromatic N) is 4. The lowest BCUT2D eigenvalue weighted by Gasteiger charge is -2.28. The molecule has 0 unspecified atom stereocenters. The topological polar surface area (TPSA) is 63.1 Å². The molecule has 144 valence electrons. The summed E-state index contributed by atoms with van der Waals surface area (Å²) in [6.07, 6.45) is 11.3. The van der Waals surface area contributed by atoms with Crippen LogP contribution in [-0.4, -0.2) is 39.8 Å². The molecular weight excluding hydrogens is 370 g/mol. The van der Waals surface area contributed by atoms with Crippen LogP contribution in [0.3, 0.4) is 0 Å². The highest BCUT2D eigenvalue weighted by molar-refractivity contribution is 7.98. The molecule has 2 aromatic heterocycles. The lowest BCUT2D eigenvalue weighted by atomic mass is 10.1. The smallest absolute Gasteiger partial charge is 0.256 e. The summed E-state index contributed by atoms with van der Waals surface area (Å²) in [6, 6.07) is 11.4. The Morgan fingerprint density at radius 1 is 1.00 bits per heavy atom. The van der Waals surface area contributed by atoms with Crippen molar-refractivity contribution < 1.29 is 4.79 Å². The first-order valence-electron chi connectivity index (χ1n) is 9.45. The van der Waals surface area contributed by atoms with Crippen molar-refractivity contribution in [2.75, 3.05) is 29.6 Å². The Morgan fingerprint density at radius 3 is 2.43 bits per heavy atom. The van der Waals surface area contributed by atoms with Gasteiger partial charge in [-0.2, -0.15) is 0 Å². The molecule has 0 bridgehead atoms. The maximum atomic E-state index is 12.5. The second-order valence-electron chi connectivity index (χ2n) is 6.73. The molecule has 1 N–H and O–H groups in total. The van der Waals surface area contributed by atoms with E-state index in [1.807, 2.05) is 59.6 Å². The molecule has 6 nitrogen and oxygen atoms in total. The largest absolute Gasteiger partial charge is 0.370 e. The Hall–Kier alpha value is -2.80. The van der Waals surface area contributed by atoms with Crippen molar-refractivity contribution in [2.45, 2.75) is 24.4 Å². The van der Waals surface area contributed by atoms with E-state index in [1.54, 1.807) is 18.0 Å². The number of imidazole rings is 1. The van der Waals surface area contributed by atoms with Crippen LogP contribution in [-0.2, 0) is 0 Å². The van der Waals surface area contributed by atoms with Gasteiger partial charge in [-0.25, -0.2) is 9.97 Å². The van der Waals surface area contributed by atoms with E-state index < -0.39 is 0 Å². The summed E-state index contributed by atoms with van der Waals surface area (Å²) < 4.78 is 1.99. The second kappa shape index (κ2) is 8.48. The van der Waals surface area contributed by atoms with Crippen LogP contribution >= 0.6 is 11.8 Å². The van der Waals surface area contributed by atoms with E-state index in [1.165, 1.54) is 19.3 Å². The van der Waals surface area contributed by atoms with Gasteiger partial charge in [-0.05, 0) is 61.9 Å². The highest BCUT2D eigenvalue weighted by atomic mass is 32.2. The number of rotatable bonds is 5. The van der Waals surface area contributed by atoms with Crippen molar-refractivity contribution in [1.29, 1.82) is 0 Å². The van der Waals surface area contributed by atoms with E-state index in [9.17, 15) is 4.79 Å². The third-order valence-electron chi connectivity index (χ3n) is 4.91. The van der Waals surface area contributed by atoms with Gasteiger partial charge in [0.1, 0.15) is 5.82 Å². The molecule has 1 aliphatic rings. The normalized spacial score (nSPS) is 14.1. The minimum Gasteiger partial charge on any atom is -0.370 e. The predicted molar refractivity (Wildman–Crippen MR) is 114 cm³/mol. The third-order valence-corrected chi connectivity index (χ3v) is 5.57. The van der Waals surface area contributed by atoms with Crippen molar-refractivity contribution in [3.8, 4) is 5.69 Å². The van der Waals surface area contributed by atoms with Crippen LogP contribution in [0.4, 0.5) is 11.5 Å². The molecule has 1 aliphatic heterocycles. The molecular formula is C21H23N5OS. The zero-order chi connectivity index (χ0) is 19.3. The molecule has 1 saturated heterocycles. The summed E-state index contributed by atoms with van der Waals surface area (Å²) in [5, 5.41) is 3.79. The molecule has 28 heavy (non-hydrogen) atoms. The van der Waals surface area contributed by atoms with E-state index in [-0.39, 0.29) is 5.91 Å². The summed E-state index contributed by atoms with van der Waals surface area (Å²) in [5.74, 6) is 0.398. The lowest BCUT2D eigenvalue weighted by molar-refractivity contribution is 0.102. The van der Waals surface area contributed by atoms with Gasteiger partial charge in [0.05, 0.1) is 11.9 Å². The summed E-state index contributed by atoms with van der Waals surface area (Å²) >= 11 is 1.58. The number of thioether (sulfide) groups is 1. The number of piperidine rings is 1. The number of pyridine rings is 1. The number of nitrogens with one attached hydrogen (secondary N) is 1. The number of carbonyl (C=O) groups excluding carboxylic acids is 1. The third kappa shape index (κ3) is 4.04. The fourth-order valence-electron chi connectivity index (χ4n) is 3.40. The molecule has 0 radical (unpaired) electrons. The van der Waals surface area contributed by atoms with Crippen molar-refractivity contribution >= 4 is 29.2 Å². The highest BCUT2D eigenvalue weighted by Crippen LogP contribution is 2.21. The Labute approximate surface area is 169 Å². The number of hydrogen-bond acceptors (Lipinski definition) is 5. The van der Waals surface area contributed by atoms with Gasteiger partial charge < -0.3 is 10.2 Å². The zero-order valence-electron chi connectivity index (χ0n) is 15.8. The van der Waals surface area contributed by atoms with Crippen molar-refractivity contribution in [2.24, 2.45) is 0 Å². The lowest BCUT2D eigenvalue weighted by Crippen LogP contribution is -2.29. The first kappa shape index (κ1) is 18.6. The van der Waals surface area contributed by atoms with Crippen LogP contribution < -0.4 is 10.2 Å². The summed E-state index contributed by atoms with van der Waals surface area (Å²) in [7, 11) is 0. The maximum Gasteiger partial charge on any atom is 0.256 e. The van der Waals surface area contributed by atoms with Gasteiger partial charge in [0.15, 0.2) is 5.16 Å².